The van der Waals surface area contributed by atoms with E-state index < -0.39 is 6.29 Å². The molecule has 2 N–H and O–H groups in total. The fraction of sp³-hybridized carbons (Fsp3) is 0.958. The molecule has 0 aliphatic carbocycles. The van der Waals surface area contributed by atoms with Crippen LogP contribution in [0.5, 0.6) is 0 Å². The SMILES string of the molecule is CCCCCCCCCCCCCCCCCC(=O)OC(O)CCCCCO. The summed E-state index contributed by atoms with van der Waals surface area (Å²) in [7, 11) is 0. The first-order valence-electron chi connectivity index (χ1n) is 12.2. The van der Waals surface area contributed by atoms with Crippen LogP contribution in [-0.2, 0) is 9.53 Å². The van der Waals surface area contributed by atoms with E-state index in [9.17, 15) is 9.90 Å². The van der Waals surface area contributed by atoms with Crippen molar-refractivity contribution in [2.45, 2.75) is 142 Å². The Morgan fingerprint density at radius 1 is 0.679 bits per heavy atom. The van der Waals surface area contributed by atoms with Crippen molar-refractivity contribution in [1.82, 2.24) is 0 Å². The Hall–Kier alpha value is -0.610. The Labute approximate surface area is 174 Å². The van der Waals surface area contributed by atoms with Gasteiger partial charge in [0.05, 0.1) is 0 Å². The van der Waals surface area contributed by atoms with Gasteiger partial charge >= 0.3 is 5.97 Å². The lowest BCUT2D eigenvalue weighted by atomic mass is 10.0. The van der Waals surface area contributed by atoms with Gasteiger partial charge in [-0.05, 0) is 19.3 Å². The molecule has 0 aromatic carbocycles. The molecule has 1 unspecified atom stereocenters. The largest absolute Gasteiger partial charge is 0.436 e. The summed E-state index contributed by atoms with van der Waals surface area (Å²) in [5, 5.41) is 18.3. The van der Waals surface area contributed by atoms with Crippen LogP contribution in [0.1, 0.15) is 135 Å². The molecule has 28 heavy (non-hydrogen) atoms. The molecule has 0 aliphatic heterocycles. The third-order valence-electron chi connectivity index (χ3n) is 5.36. The lowest BCUT2D eigenvalue weighted by Crippen LogP contribution is -2.17. The van der Waals surface area contributed by atoms with E-state index in [2.05, 4.69) is 6.92 Å². The van der Waals surface area contributed by atoms with E-state index in [0.717, 1.165) is 32.1 Å². The Kier molecular flexibility index (Phi) is 22.2. The maximum Gasteiger partial charge on any atom is 0.308 e. The van der Waals surface area contributed by atoms with Gasteiger partial charge in [-0.25, -0.2) is 0 Å². The van der Waals surface area contributed by atoms with Crippen LogP contribution in [0.15, 0.2) is 0 Å². The first kappa shape index (κ1) is 27.4. The number of carbonyl (C=O) groups is 1. The minimum atomic E-state index is -0.984. The van der Waals surface area contributed by atoms with Crippen molar-refractivity contribution in [3.8, 4) is 0 Å². The highest BCUT2D eigenvalue weighted by molar-refractivity contribution is 5.69. The number of unbranched alkanes of at least 4 members (excludes halogenated alkanes) is 16. The highest BCUT2D eigenvalue weighted by Gasteiger charge is 2.10. The van der Waals surface area contributed by atoms with Crippen molar-refractivity contribution in [2.24, 2.45) is 0 Å². The Morgan fingerprint density at radius 3 is 1.57 bits per heavy atom. The van der Waals surface area contributed by atoms with Gasteiger partial charge in [-0.1, -0.05) is 103 Å². The average Bonchev–Trinajstić information content (AvgIpc) is 2.68. The van der Waals surface area contributed by atoms with Gasteiger partial charge in [-0.15, -0.1) is 0 Å². The van der Waals surface area contributed by atoms with E-state index in [0.29, 0.717) is 12.8 Å². The number of rotatable bonds is 22. The van der Waals surface area contributed by atoms with Crippen LogP contribution in [0.3, 0.4) is 0 Å². The summed E-state index contributed by atoms with van der Waals surface area (Å²) in [6.45, 7) is 2.44. The summed E-state index contributed by atoms with van der Waals surface area (Å²) in [5.41, 5.74) is 0. The second kappa shape index (κ2) is 22.7. The molecule has 0 spiro atoms. The van der Waals surface area contributed by atoms with E-state index in [1.807, 2.05) is 0 Å². The molecular formula is C24H48O4. The van der Waals surface area contributed by atoms with Crippen molar-refractivity contribution in [1.29, 1.82) is 0 Å². The van der Waals surface area contributed by atoms with Crippen LogP contribution in [-0.4, -0.2) is 29.1 Å². The van der Waals surface area contributed by atoms with Gasteiger partial charge in [0.2, 0.25) is 6.29 Å². The number of aliphatic hydroxyl groups is 2. The standard InChI is InChI=1S/C24H48O4/c1-2-3-4-5-6-7-8-9-10-11-12-13-14-15-17-20-23(26)28-24(27)21-18-16-19-22-25/h24-25,27H,2-22H2,1H3. The molecular weight excluding hydrogens is 352 g/mol. The number of esters is 1. The molecule has 0 amide bonds. The summed E-state index contributed by atoms with van der Waals surface area (Å²) in [6, 6.07) is 0. The van der Waals surface area contributed by atoms with Gasteiger partial charge in [0.15, 0.2) is 0 Å². The van der Waals surface area contributed by atoms with Crippen molar-refractivity contribution in [3.63, 3.8) is 0 Å². The number of hydrogen-bond acceptors (Lipinski definition) is 4. The molecule has 4 nitrogen and oxygen atoms in total. The lowest BCUT2D eigenvalue weighted by Gasteiger charge is -2.11. The van der Waals surface area contributed by atoms with Gasteiger partial charge < -0.3 is 14.9 Å². The first-order valence-corrected chi connectivity index (χ1v) is 12.2. The minimum Gasteiger partial charge on any atom is -0.436 e. The fourth-order valence-electron chi connectivity index (χ4n) is 3.52. The van der Waals surface area contributed by atoms with Crippen molar-refractivity contribution >= 4 is 5.97 Å². The summed E-state index contributed by atoms with van der Waals surface area (Å²) in [5.74, 6) is -0.288. The third-order valence-corrected chi connectivity index (χ3v) is 5.36. The highest BCUT2D eigenvalue weighted by atomic mass is 16.6. The number of aliphatic hydroxyl groups excluding tert-OH is 2. The zero-order valence-electron chi connectivity index (χ0n) is 18.6. The third kappa shape index (κ3) is 21.7. The van der Waals surface area contributed by atoms with Crippen LogP contribution in [0.25, 0.3) is 0 Å². The van der Waals surface area contributed by atoms with Crippen molar-refractivity contribution < 1.29 is 19.7 Å². The van der Waals surface area contributed by atoms with E-state index in [1.165, 1.54) is 83.5 Å². The van der Waals surface area contributed by atoms with Crippen LogP contribution in [0.4, 0.5) is 0 Å². The summed E-state index contributed by atoms with van der Waals surface area (Å²) in [6.07, 6.45) is 21.9. The molecule has 0 radical (unpaired) electrons. The monoisotopic (exact) mass is 400 g/mol. The topological polar surface area (TPSA) is 66.8 Å². The normalized spacial score (nSPS) is 12.2. The van der Waals surface area contributed by atoms with Crippen LogP contribution in [0, 0.1) is 0 Å². The quantitative estimate of drug-likeness (QED) is 0.121. The number of hydrogen-bond donors (Lipinski definition) is 2. The second-order valence-corrected chi connectivity index (χ2v) is 8.22. The van der Waals surface area contributed by atoms with Crippen LogP contribution >= 0.6 is 0 Å². The Morgan fingerprint density at radius 2 is 1.11 bits per heavy atom. The first-order chi connectivity index (χ1) is 13.7. The highest BCUT2D eigenvalue weighted by Crippen LogP contribution is 2.14. The number of ether oxygens (including phenoxy) is 1. The van der Waals surface area contributed by atoms with Gasteiger partial charge in [-0.2, -0.15) is 0 Å². The summed E-state index contributed by atoms with van der Waals surface area (Å²) < 4.78 is 5.00. The Balaban J connectivity index is 3.22. The van der Waals surface area contributed by atoms with E-state index >= 15 is 0 Å². The van der Waals surface area contributed by atoms with E-state index in [1.54, 1.807) is 0 Å². The van der Waals surface area contributed by atoms with Crippen LogP contribution < -0.4 is 0 Å². The predicted octanol–water partition coefficient (Wildman–Crippen LogP) is 6.66. The maximum atomic E-state index is 11.7. The molecule has 0 aromatic rings. The summed E-state index contributed by atoms with van der Waals surface area (Å²) >= 11 is 0. The molecule has 0 bridgehead atoms. The lowest BCUT2D eigenvalue weighted by molar-refractivity contribution is -0.169. The molecule has 0 rings (SSSR count). The molecule has 0 saturated carbocycles. The van der Waals surface area contributed by atoms with Gasteiger partial charge in [-0.3, -0.25) is 4.79 Å². The summed E-state index contributed by atoms with van der Waals surface area (Å²) in [4.78, 5) is 11.7. The number of carbonyl (C=O) groups excluding carboxylic acids is 1. The molecule has 0 aromatic heterocycles. The zero-order chi connectivity index (χ0) is 20.7. The van der Waals surface area contributed by atoms with Gasteiger partial charge in [0.25, 0.3) is 0 Å². The smallest absolute Gasteiger partial charge is 0.308 e. The fourth-order valence-corrected chi connectivity index (χ4v) is 3.52. The van der Waals surface area contributed by atoms with Gasteiger partial charge in [0, 0.05) is 19.4 Å². The average molecular weight is 401 g/mol. The maximum absolute atomic E-state index is 11.7. The van der Waals surface area contributed by atoms with Crippen LogP contribution in [0.2, 0.25) is 0 Å². The van der Waals surface area contributed by atoms with Crippen molar-refractivity contribution in [2.75, 3.05) is 6.61 Å². The Bertz CT molecular complexity index is 320. The molecule has 168 valence electrons. The molecule has 0 fully saturated rings. The molecule has 0 heterocycles. The molecule has 4 heteroatoms. The molecule has 0 aliphatic rings. The van der Waals surface area contributed by atoms with Gasteiger partial charge in [0.1, 0.15) is 0 Å². The molecule has 1 atom stereocenters. The second-order valence-electron chi connectivity index (χ2n) is 8.22. The minimum absolute atomic E-state index is 0.176. The van der Waals surface area contributed by atoms with E-state index in [4.69, 9.17) is 9.84 Å². The van der Waals surface area contributed by atoms with E-state index in [-0.39, 0.29) is 12.6 Å². The zero-order valence-corrected chi connectivity index (χ0v) is 18.6. The van der Waals surface area contributed by atoms with Crippen molar-refractivity contribution in [3.05, 3.63) is 0 Å². The predicted molar refractivity (Wildman–Crippen MR) is 117 cm³/mol. The molecule has 0 saturated heterocycles.